The maximum atomic E-state index is 12.4. The van der Waals surface area contributed by atoms with Crippen LogP contribution in [0.3, 0.4) is 0 Å². The van der Waals surface area contributed by atoms with Gasteiger partial charge in [0.25, 0.3) is 5.91 Å². The lowest BCUT2D eigenvalue weighted by atomic mass is 10.2. The number of imide groups is 1. The molecule has 1 heterocycles. The van der Waals surface area contributed by atoms with E-state index in [1.165, 1.54) is 24.3 Å². The second-order valence-electron chi connectivity index (χ2n) is 6.00. The van der Waals surface area contributed by atoms with Gasteiger partial charge in [0.2, 0.25) is 11.8 Å². The van der Waals surface area contributed by atoms with Crippen molar-refractivity contribution in [3.05, 3.63) is 29.8 Å². The van der Waals surface area contributed by atoms with E-state index >= 15 is 0 Å². The van der Waals surface area contributed by atoms with E-state index < -0.39 is 17.9 Å². The molecule has 1 saturated heterocycles. The molecular formula is C17H19N3O5. The smallest absolute Gasteiger partial charge is 0.338 e. The molecule has 1 unspecified atom stereocenters. The van der Waals surface area contributed by atoms with Crippen LogP contribution >= 0.6 is 0 Å². The first-order chi connectivity index (χ1) is 12.0. The summed E-state index contributed by atoms with van der Waals surface area (Å²) in [5.41, 5.74) is 5.86. The van der Waals surface area contributed by atoms with E-state index in [9.17, 15) is 19.2 Å². The average Bonchev–Trinajstić information content (AvgIpc) is 3.40. The predicted molar refractivity (Wildman–Crippen MR) is 87.3 cm³/mol. The van der Waals surface area contributed by atoms with E-state index in [2.05, 4.69) is 10.9 Å². The van der Waals surface area contributed by atoms with E-state index in [1.54, 1.807) is 6.92 Å². The van der Waals surface area contributed by atoms with Crippen LogP contribution in [0, 0.1) is 5.92 Å². The summed E-state index contributed by atoms with van der Waals surface area (Å²) in [5, 5.41) is 0. The second-order valence-corrected chi connectivity index (χ2v) is 6.00. The maximum absolute atomic E-state index is 12.4. The zero-order valence-corrected chi connectivity index (χ0v) is 13.8. The molecule has 2 N–H and O–H groups in total. The third kappa shape index (κ3) is 3.69. The van der Waals surface area contributed by atoms with E-state index in [1.807, 2.05) is 0 Å². The van der Waals surface area contributed by atoms with Crippen LogP contribution in [-0.2, 0) is 19.1 Å². The highest BCUT2D eigenvalue weighted by Crippen LogP contribution is 2.28. The number of hydrogen-bond acceptors (Lipinski definition) is 6. The molecule has 3 rings (SSSR count). The summed E-state index contributed by atoms with van der Waals surface area (Å²) in [6.07, 6.45) is 1.66. The number of nitrogens with zero attached hydrogens (tertiary/aromatic N) is 1. The standard InChI is InChI=1S/C17H19N3O5/c1-2-25-17(24)11-5-7-12(8-6-11)20-14(21)9-13(16(20)23)18-19-15(22)10-3-4-10/h5-8,10,13,18H,2-4,9H2,1H3,(H,19,22). The summed E-state index contributed by atoms with van der Waals surface area (Å²) in [6.45, 7) is 1.98. The molecule has 1 aromatic rings. The molecule has 0 radical (unpaired) electrons. The number of hydrazine groups is 1. The molecule has 2 aliphatic rings. The Labute approximate surface area is 144 Å². The van der Waals surface area contributed by atoms with Crippen molar-refractivity contribution in [1.29, 1.82) is 0 Å². The van der Waals surface area contributed by atoms with Crippen LogP contribution < -0.4 is 15.8 Å². The van der Waals surface area contributed by atoms with Crippen LogP contribution in [0.2, 0.25) is 0 Å². The maximum Gasteiger partial charge on any atom is 0.338 e. The zero-order chi connectivity index (χ0) is 18.0. The van der Waals surface area contributed by atoms with Crippen LogP contribution in [0.5, 0.6) is 0 Å². The minimum absolute atomic E-state index is 0.00577. The molecule has 0 aromatic heterocycles. The summed E-state index contributed by atoms with van der Waals surface area (Å²) in [4.78, 5) is 48.9. The number of carbonyl (C=O) groups is 4. The molecule has 2 fully saturated rings. The number of esters is 1. The Morgan fingerprint density at radius 3 is 2.48 bits per heavy atom. The monoisotopic (exact) mass is 345 g/mol. The Morgan fingerprint density at radius 2 is 1.88 bits per heavy atom. The lowest BCUT2D eigenvalue weighted by Gasteiger charge is -2.16. The Morgan fingerprint density at radius 1 is 1.20 bits per heavy atom. The largest absolute Gasteiger partial charge is 0.462 e. The van der Waals surface area contributed by atoms with Gasteiger partial charge in [-0.1, -0.05) is 0 Å². The first-order valence-electron chi connectivity index (χ1n) is 8.20. The van der Waals surface area contributed by atoms with Gasteiger partial charge in [0.1, 0.15) is 6.04 Å². The van der Waals surface area contributed by atoms with Gasteiger partial charge in [0.05, 0.1) is 24.3 Å². The number of anilines is 1. The van der Waals surface area contributed by atoms with Crippen molar-refractivity contribution in [3.8, 4) is 0 Å². The minimum atomic E-state index is -0.792. The molecule has 1 aliphatic carbocycles. The molecule has 1 saturated carbocycles. The van der Waals surface area contributed by atoms with Crippen molar-refractivity contribution in [1.82, 2.24) is 10.9 Å². The molecule has 1 atom stereocenters. The summed E-state index contributed by atoms with van der Waals surface area (Å²) in [7, 11) is 0. The molecule has 3 amide bonds. The number of benzene rings is 1. The van der Waals surface area contributed by atoms with Crippen LogP contribution in [0.1, 0.15) is 36.5 Å². The summed E-state index contributed by atoms with van der Waals surface area (Å²) in [6, 6.07) is 5.26. The molecule has 8 nitrogen and oxygen atoms in total. The van der Waals surface area contributed by atoms with Crippen molar-refractivity contribution in [2.24, 2.45) is 5.92 Å². The van der Waals surface area contributed by atoms with E-state index in [4.69, 9.17) is 4.74 Å². The molecule has 1 aliphatic heterocycles. The van der Waals surface area contributed by atoms with Crippen LogP contribution in [-0.4, -0.2) is 36.3 Å². The second kappa shape index (κ2) is 7.02. The molecule has 0 bridgehead atoms. The highest BCUT2D eigenvalue weighted by atomic mass is 16.5. The molecule has 132 valence electrons. The van der Waals surface area contributed by atoms with Gasteiger partial charge in [-0.25, -0.2) is 15.1 Å². The topological polar surface area (TPSA) is 105 Å². The number of ether oxygens (including phenoxy) is 1. The van der Waals surface area contributed by atoms with Crippen molar-refractivity contribution in [2.75, 3.05) is 11.5 Å². The van der Waals surface area contributed by atoms with Crippen molar-refractivity contribution >= 4 is 29.4 Å². The third-order valence-electron chi connectivity index (χ3n) is 4.10. The van der Waals surface area contributed by atoms with Gasteiger partial charge in [0.15, 0.2) is 0 Å². The van der Waals surface area contributed by atoms with Crippen molar-refractivity contribution in [3.63, 3.8) is 0 Å². The van der Waals surface area contributed by atoms with Crippen LogP contribution in [0.25, 0.3) is 0 Å². The fraction of sp³-hybridized carbons (Fsp3) is 0.412. The molecular weight excluding hydrogens is 326 g/mol. The Balaban J connectivity index is 1.65. The summed E-state index contributed by atoms with van der Waals surface area (Å²) in [5.74, 6) is -1.42. The zero-order valence-electron chi connectivity index (χ0n) is 13.8. The number of rotatable bonds is 6. The Bertz CT molecular complexity index is 711. The third-order valence-corrected chi connectivity index (χ3v) is 4.10. The van der Waals surface area contributed by atoms with E-state index in [0.29, 0.717) is 11.3 Å². The summed E-state index contributed by atoms with van der Waals surface area (Å²) >= 11 is 0. The first-order valence-corrected chi connectivity index (χ1v) is 8.20. The molecule has 0 spiro atoms. The van der Waals surface area contributed by atoms with E-state index in [-0.39, 0.29) is 30.8 Å². The van der Waals surface area contributed by atoms with Crippen LogP contribution in [0.15, 0.2) is 24.3 Å². The highest BCUT2D eigenvalue weighted by Gasteiger charge is 2.40. The molecule has 1 aromatic carbocycles. The van der Waals surface area contributed by atoms with Gasteiger partial charge >= 0.3 is 5.97 Å². The Kier molecular flexibility index (Phi) is 4.80. The van der Waals surface area contributed by atoms with Gasteiger partial charge in [0, 0.05) is 5.92 Å². The number of amides is 3. The van der Waals surface area contributed by atoms with Crippen molar-refractivity contribution in [2.45, 2.75) is 32.2 Å². The minimum Gasteiger partial charge on any atom is -0.462 e. The van der Waals surface area contributed by atoms with Gasteiger partial charge in [-0.05, 0) is 44.0 Å². The lowest BCUT2D eigenvalue weighted by Crippen LogP contribution is -2.48. The predicted octanol–water partition coefficient (Wildman–Crippen LogP) is 0.526. The SMILES string of the molecule is CCOC(=O)c1ccc(N2C(=O)CC(NNC(=O)C3CC3)C2=O)cc1. The van der Waals surface area contributed by atoms with Gasteiger partial charge in [-0.15, -0.1) is 0 Å². The normalized spacial score (nSPS) is 19.9. The molecule has 8 heteroatoms. The van der Waals surface area contributed by atoms with Gasteiger partial charge < -0.3 is 4.74 Å². The number of hydrogen-bond donors (Lipinski definition) is 2. The van der Waals surface area contributed by atoms with Crippen LogP contribution in [0.4, 0.5) is 5.69 Å². The molecule has 25 heavy (non-hydrogen) atoms. The van der Waals surface area contributed by atoms with Gasteiger partial charge in [-0.2, -0.15) is 0 Å². The number of carbonyl (C=O) groups excluding carboxylic acids is 4. The summed E-state index contributed by atoms with van der Waals surface area (Å²) < 4.78 is 4.89. The Hall–Kier alpha value is -2.74. The van der Waals surface area contributed by atoms with Crippen molar-refractivity contribution < 1.29 is 23.9 Å². The fourth-order valence-corrected chi connectivity index (χ4v) is 2.58. The lowest BCUT2D eigenvalue weighted by molar-refractivity contribution is -0.124. The quantitative estimate of drug-likeness (QED) is 0.443. The van der Waals surface area contributed by atoms with E-state index in [0.717, 1.165) is 17.7 Å². The number of nitrogens with one attached hydrogen (secondary N) is 2. The average molecular weight is 345 g/mol. The fourth-order valence-electron chi connectivity index (χ4n) is 2.58. The van der Waals surface area contributed by atoms with Gasteiger partial charge in [-0.3, -0.25) is 19.8 Å². The highest BCUT2D eigenvalue weighted by molar-refractivity contribution is 6.22. The first kappa shape index (κ1) is 17.1.